The van der Waals surface area contributed by atoms with E-state index in [0.29, 0.717) is 13.0 Å². The van der Waals surface area contributed by atoms with Crippen molar-refractivity contribution in [2.45, 2.75) is 71.0 Å². The fourth-order valence-corrected chi connectivity index (χ4v) is 2.93. The molecular formula is C22H36N2O3. The summed E-state index contributed by atoms with van der Waals surface area (Å²) in [7, 11) is 0. The summed E-state index contributed by atoms with van der Waals surface area (Å²) in [4.78, 5) is 11.5. The smallest absolute Gasteiger partial charge is 0.239 e. The van der Waals surface area contributed by atoms with Crippen LogP contribution in [0.1, 0.15) is 63.9 Å². The zero-order chi connectivity index (χ0) is 19.7. The maximum atomic E-state index is 11.5. The van der Waals surface area contributed by atoms with Crippen molar-refractivity contribution in [3.63, 3.8) is 0 Å². The van der Waals surface area contributed by atoms with Crippen LogP contribution in [-0.4, -0.2) is 23.7 Å². The molecule has 0 heterocycles. The van der Waals surface area contributed by atoms with Crippen LogP contribution in [0.3, 0.4) is 0 Å². The highest BCUT2D eigenvalue weighted by Crippen LogP contribution is 2.12. The van der Waals surface area contributed by atoms with Crippen molar-refractivity contribution in [3.05, 3.63) is 48.0 Å². The molecule has 0 aliphatic rings. The highest BCUT2D eigenvalue weighted by Gasteiger charge is 2.21. The van der Waals surface area contributed by atoms with Crippen molar-refractivity contribution in [2.24, 2.45) is 11.8 Å². The molecule has 0 bridgehead atoms. The summed E-state index contributed by atoms with van der Waals surface area (Å²) < 4.78 is 5.69. The predicted octanol–water partition coefficient (Wildman–Crippen LogP) is 3.87. The second-order valence-electron chi connectivity index (χ2n) is 7.01. The molecule has 1 aromatic rings. The van der Waals surface area contributed by atoms with Gasteiger partial charge in [0.05, 0.1) is 18.6 Å². The number of allylic oxidation sites excluding steroid dienone is 2. The number of benzene rings is 1. The molecule has 5 heteroatoms. The number of amides is 1. The molecule has 0 aliphatic carbocycles. The lowest BCUT2D eigenvalue weighted by Gasteiger charge is -2.15. The van der Waals surface area contributed by atoms with Crippen LogP contribution in [0.2, 0.25) is 0 Å². The number of hydrazine groups is 1. The summed E-state index contributed by atoms with van der Waals surface area (Å²) in [6.07, 6.45) is 12.1. The van der Waals surface area contributed by atoms with Gasteiger partial charge in [-0.15, -0.1) is 0 Å². The second kappa shape index (κ2) is 15.4. The van der Waals surface area contributed by atoms with Gasteiger partial charge in [0.2, 0.25) is 5.91 Å². The Bertz CT molecular complexity index is 518. The minimum absolute atomic E-state index is 0.317. The van der Waals surface area contributed by atoms with Crippen LogP contribution in [-0.2, 0) is 16.1 Å². The number of aliphatic hydroxyl groups excluding tert-OH is 1. The first-order chi connectivity index (χ1) is 13.1. The number of unbranched alkanes of at least 4 members (excludes halogenated alkanes) is 6. The third-order valence-electron chi connectivity index (χ3n) is 4.64. The molecule has 152 valence electrons. The van der Waals surface area contributed by atoms with Crippen LogP contribution in [0, 0.1) is 5.92 Å². The summed E-state index contributed by atoms with van der Waals surface area (Å²) in [5.41, 5.74) is 3.34. The third-order valence-corrected chi connectivity index (χ3v) is 4.64. The zero-order valence-electron chi connectivity index (χ0n) is 16.6. The van der Waals surface area contributed by atoms with Gasteiger partial charge in [-0.05, 0) is 38.2 Å². The number of nitrogens with two attached hydrogens (primary N) is 1. The Morgan fingerprint density at radius 2 is 1.78 bits per heavy atom. The highest BCUT2D eigenvalue weighted by atomic mass is 16.5. The molecule has 1 aromatic carbocycles. The van der Waals surface area contributed by atoms with E-state index in [4.69, 9.17) is 10.6 Å². The van der Waals surface area contributed by atoms with E-state index in [9.17, 15) is 9.90 Å². The van der Waals surface area contributed by atoms with Crippen LogP contribution < -0.4 is 11.3 Å². The van der Waals surface area contributed by atoms with Gasteiger partial charge in [-0.25, -0.2) is 5.84 Å². The second-order valence-corrected chi connectivity index (χ2v) is 7.01. The summed E-state index contributed by atoms with van der Waals surface area (Å²) in [6.45, 7) is 3.15. The molecule has 4 N–H and O–H groups in total. The minimum atomic E-state index is -0.699. The number of rotatable bonds is 15. The molecule has 0 unspecified atom stereocenters. The molecule has 5 nitrogen and oxygen atoms in total. The lowest BCUT2D eigenvalue weighted by atomic mass is 9.98. The summed E-state index contributed by atoms with van der Waals surface area (Å²) in [5.74, 6) is 4.34. The molecular weight excluding hydrogens is 340 g/mol. The minimum Gasteiger partial charge on any atom is -0.393 e. The molecule has 27 heavy (non-hydrogen) atoms. The lowest BCUT2D eigenvalue weighted by Crippen LogP contribution is -2.40. The van der Waals surface area contributed by atoms with Gasteiger partial charge >= 0.3 is 0 Å². The van der Waals surface area contributed by atoms with Gasteiger partial charge < -0.3 is 9.84 Å². The predicted molar refractivity (Wildman–Crippen MR) is 110 cm³/mol. The molecule has 0 radical (unpaired) electrons. The monoisotopic (exact) mass is 376 g/mol. The van der Waals surface area contributed by atoms with Crippen LogP contribution in [0.4, 0.5) is 0 Å². The highest BCUT2D eigenvalue weighted by molar-refractivity contribution is 5.78. The number of ether oxygens (including phenoxy) is 1. The largest absolute Gasteiger partial charge is 0.393 e. The first-order valence-electron chi connectivity index (χ1n) is 10.1. The topological polar surface area (TPSA) is 84.6 Å². The van der Waals surface area contributed by atoms with E-state index < -0.39 is 12.0 Å². The molecule has 0 saturated carbocycles. The Kier molecular flexibility index (Phi) is 13.3. The van der Waals surface area contributed by atoms with Crippen molar-refractivity contribution < 1.29 is 14.6 Å². The van der Waals surface area contributed by atoms with Crippen molar-refractivity contribution in [2.75, 3.05) is 6.61 Å². The quantitative estimate of drug-likeness (QED) is 0.143. The van der Waals surface area contributed by atoms with E-state index in [0.717, 1.165) is 25.9 Å². The first kappa shape index (κ1) is 23.3. The van der Waals surface area contributed by atoms with Crippen LogP contribution >= 0.6 is 0 Å². The zero-order valence-corrected chi connectivity index (χ0v) is 16.6. The lowest BCUT2D eigenvalue weighted by molar-refractivity contribution is -0.128. The number of nitrogens with one attached hydrogen (secondary N) is 1. The normalized spacial score (nSPS) is 13.6. The average Bonchev–Trinajstić information content (AvgIpc) is 2.68. The van der Waals surface area contributed by atoms with E-state index >= 15 is 0 Å². The Hall–Kier alpha value is -1.69. The van der Waals surface area contributed by atoms with Crippen molar-refractivity contribution >= 4 is 5.91 Å². The van der Waals surface area contributed by atoms with Gasteiger partial charge in [-0.1, -0.05) is 68.2 Å². The number of carbonyl (C=O) groups is 1. The maximum Gasteiger partial charge on any atom is 0.239 e. The molecule has 1 rings (SSSR count). The Morgan fingerprint density at radius 3 is 2.44 bits per heavy atom. The van der Waals surface area contributed by atoms with Gasteiger partial charge in [0.25, 0.3) is 0 Å². The van der Waals surface area contributed by atoms with Crippen molar-refractivity contribution in [1.29, 1.82) is 0 Å². The van der Waals surface area contributed by atoms with Crippen molar-refractivity contribution in [3.8, 4) is 0 Å². The first-order valence-corrected chi connectivity index (χ1v) is 10.1. The summed E-state index contributed by atoms with van der Waals surface area (Å²) >= 11 is 0. The van der Waals surface area contributed by atoms with Crippen LogP contribution in [0.5, 0.6) is 0 Å². The number of hydrogen-bond donors (Lipinski definition) is 3. The fourth-order valence-electron chi connectivity index (χ4n) is 2.93. The van der Waals surface area contributed by atoms with Crippen LogP contribution in [0.15, 0.2) is 42.5 Å². The molecule has 1 amide bonds. The average molecular weight is 377 g/mol. The molecule has 0 saturated heterocycles. The van der Waals surface area contributed by atoms with Crippen molar-refractivity contribution in [1.82, 2.24) is 5.43 Å². The SMILES string of the molecule is C[C@H](O)[C@H](C/C=C/CCCCCCCCOCc1ccccc1)C(=O)NN. The number of carbonyl (C=O) groups excluding carboxylic acids is 1. The van der Waals surface area contributed by atoms with Gasteiger partial charge in [-0.2, -0.15) is 0 Å². The summed E-state index contributed by atoms with van der Waals surface area (Å²) in [6, 6.07) is 10.3. The fraction of sp³-hybridized carbons (Fsp3) is 0.591. The molecule has 0 spiro atoms. The standard InChI is InChI=1S/C22H36N2O3/c1-19(25)21(22(26)24-23)16-12-7-5-3-2-4-6-8-13-17-27-18-20-14-10-9-11-15-20/h7,9-12,14-15,19,21,25H,2-6,8,13,16-18,23H2,1H3,(H,24,26)/b12-7+/t19-,21-/m0/s1. The van der Waals surface area contributed by atoms with E-state index in [-0.39, 0.29) is 5.91 Å². The molecule has 0 aromatic heterocycles. The van der Waals surface area contributed by atoms with E-state index in [1.54, 1.807) is 6.92 Å². The van der Waals surface area contributed by atoms with Gasteiger partial charge in [0.15, 0.2) is 0 Å². The number of hydrogen-bond acceptors (Lipinski definition) is 4. The Morgan fingerprint density at radius 1 is 1.11 bits per heavy atom. The Labute approximate surface area is 164 Å². The maximum absolute atomic E-state index is 11.5. The molecule has 2 atom stereocenters. The van der Waals surface area contributed by atoms with Gasteiger partial charge in [0.1, 0.15) is 0 Å². The Balaban J connectivity index is 1.91. The van der Waals surface area contributed by atoms with E-state index in [1.807, 2.05) is 24.3 Å². The third kappa shape index (κ3) is 11.6. The van der Waals surface area contributed by atoms with E-state index in [1.165, 1.54) is 31.2 Å². The number of aliphatic hydroxyl groups is 1. The van der Waals surface area contributed by atoms with Crippen LogP contribution in [0.25, 0.3) is 0 Å². The summed E-state index contributed by atoms with van der Waals surface area (Å²) in [5, 5.41) is 9.59. The molecule has 0 aliphatic heterocycles. The van der Waals surface area contributed by atoms with E-state index in [2.05, 4.69) is 23.6 Å². The molecule has 0 fully saturated rings. The van der Waals surface area contributed by atoms with Gasteiger partial charge in [0, 0.05) is 6.61 Å². The van der Waals surface area contributed by atoms with Gasteiger partial charge in [-0.3, -0.25) is 10.2 Å².